The van der Waals surface area contributed by atoms with Crippen molar-refractivity contribution in [2.24, 2.45) is 0 Å². The highest BCUT2D eigenvalue weighted by atomic mass is 16.5. The van der Waals surface area contributed by atoms with Crippen LogP contribution in [0.15, 0.2) is 66.9 Å². The topological polar surface area (TPSA) is 133 Å². The average Bonchev–Trinajstić information content (AvgIpc) is 3.18. The van der Waals surface area contributed by atoms with E-state index in [1.54, 1.807) is 12.1 Å². The first-order valence-corrected chi connectivity index (χ1v) is 18.4. The molecule has 3 aliphatic heterocycles. The van der Waals surface area contributed by atoms with Crippen LogP contribution in [0.1, 0.15) is 74.3 Å². The summed E-state index contributed by atoms with van der Waals surface area (Å²) in [4.78, 5) is 34.1. The number of fused-ring (bicyclic) bond motifs is 1. The van der Waals surface area contributed by atoms with Gasteiger partial charge in [0.25, 0.3) is 0 Å². The van der Waals surface area contributed by atoms with E-state index in [0.717, 1.165) is 74.3 Å². The first-order valence-electron chi connectivity index (χ1n) is 18.4. The number of carbonyl (C=O) groups is 2. The molecule has 2 aromatic heterocycles. The van der Waals surface area contributed by atoms with Crippen molar-refractivity contribution in [1.29, 1.82) is 0 Å². The monoisotopic (exact) mass is 687 g/mol. The van der Waals surface area contributed by atoms with E-state index in [-0.39, 0.29) is 23.6 Å². The molecule has 3 fully saturated rings. The molecule has 264 valence electrons. The number of pyridine rings is 1. The molecule has 2 saturated heterocycles. The van der Waals surface area contributed by atoms with Crippen LogP contribution in [0.5, 0.6) is 11.5 Å². The number of phenols is 1. The van der Waals surface area contributed by atoms with Crippen molar-refractivity contribution < 1.29 is 19.4 Å². The lowest BCUT2D eigenvalue weighted by atomic mass is 9.79. The largest absolute Gasteiger partial charge is 0.507 e. The van der Waals surface area contributed by atoms with E-state index in [2.05, 4.69) is 61.0 Å². The zero-order valence-electron chi connectivity index (χ0n) is 29.1. The second-order valence-electron chi connectivity index (χ2n) is 14.3. The van der Waals surface area contributed by atoms with Gasteiger partial charge in [0.15, 0.2) is 5.82 Å². The highest BCUT2D eigenvalue weighted by Gasteiger charge is 2.37. The van der Waals surface area contributed by atoms with Gasteiger partial charge in [-0.15, -0.1) is 10.2 Å². The predicted molar refractivity (Wildman–Crippen MR) is 196 cm³/mol. The molecule has 4 aromatic rings. The van der Waals surface area contributed by atoms with Gasteiger partial charge in [0.05, 0.1) is 23.6 Å². The van der Waals surface area contributed by atoms with Crippen LogP contribution in [0.2, 0.25) is 0 Å². The minimum atomic E-state index is -0.334. The Morgan fingerprint density at radius 1 is 0.843 bits per heavy atom. The quantitative estimate of drug-likeness (QED) is 0.203. The highest BCUT2D eigenvalue weighted by Crippen LogP contribution is 2.45. The number of benzene rings is 2. The Morgan fingerprint density at radius 3 is 2.45 bits per heavy atom. The van der Waals surface area contributed by atoms with Crippen molar-refractivity contribution in [2.75, 3.05) is 43.5 Å². The first-order chi connectivity index (χ1) is 25.0. The molecule has 11 heteroatoms. The Bertz CT molecular complexity index is 1920. The number of nitrogens with one attached hydrogen (secondary N) is 2. The van der Waals surface area contributed by atoms with Gasteiger partial charge in [-0.2, -0.15) is 0 Å². The maximum atomic E-state index is 12.7. The molecule has 11 nitrogen and oxygen atoms in total. The molecule has 1 saturated carbocycles. The molecule has 8 rings (SSSR count). The summed E-state index contributed by atoms with van der Waals surface area (Å²) in [6.07, 6.45) is 9.59. The number of nitrogens with zero attached hydrogens (tertiary/aromatic N) is 5. The van der Waals surface area contributed by atoms with E-state index in [4.69, 9.17) is 9.72 Å². The van der Waals surface area contributed by atoms with Gasteiger partial charge in [0, 0.05) is 36.8 Å². The Labute approximate surface area is 298 Å². The Hall–Kier alpha value is -5.03. The zero-order valence-corrected chi connectivity index (χ0v) is 29.1. The van der Waals surface area contributed by atoms with Gasteiger partial charge in [-0.1, -0.05) is 24.3 Å². The van der Waals surface area contributed by atoms with E-state index >= 15 is 0 Å². The third-order valence-electron chi connectivity index (χ3n) is 11.4. The molecule has 51 heavy (non-hydrogen) atoms. The number of aromatic hydroxyl groups is 1. The normalized spacial score (nSPS) is 22.9. The lowest BCUT2D eigenvalue weighted by Crippen LogP contribution is -2.54. The van der Waals surface area contributed by atoms with E-state index in [9.17, 15) is 14.7 Å². The molecule has 0 spiro atoms. The van der Waals surface area contributed by atoms with Crippen LogP contribution in [-0.4, -0.2) is 82.4 Å². The molecule has 5 heterocycles. The van der Waals surface area contributed by atoms with Crippen molar-refractivity contribution in [3.8, 4) is 34.0 Å². The Balaban J connectivity index is 0.905. The van der Waals surface area contributed by atoms with Gasteiger partial charge in [-0.25, -0.2) is 0 Å². The number of carbonyl (C=O) groups excluding carboxylic acids is 2. The number of likely N-dealkylation sites (tertiary alicyclic amines) is 1. The second-order valence-corrected chi connectivity index (χ2v) is 14.3. The van der Waals surface area contributed by atoms with E-state index < -0.39 is 0 Å². The summed E-state index contributed by atoms with van der Waals surface area (Å²) in [5.41, 5.74) is 6.48. The highest BCUT2D eigenvalue weighted by molar-refractivity contribution is 6.02. The lowest BCUT2D eigenvalue weighted by molar-refractivity contribution is -0.134. The third kappa shape index (κ3) is 6.62. The maximum Gasteiger partial charge on any atom is 0.249 e. The number of hydrogen-bond donors (Lipinski definition) is 3. The fraction of sp³-hybridized carbons (Fsp3) is 0.425. The lowest BCUT2D eigenvalue weighted by Gasteiger charge is -2.42. The molecule has 3 N–H and O–H groups in total. The van der Waals surface area contributed by atoms with E-state index in [0.29, 0.717) is 60.9 Å². The number of rotatable bonds is 7. The average molecular weight is 688 g/mol. The summed E-state index contributed by atoms with van der Waals surface area (Å²) in [7, 11) is 1.83. The van der Waals surface area contributed by atoms with Crippen molar-refractivity contribution in [1.82, 2.24) is 25.4 Å². The molecular weight excluding hydrogens is 642 g/mol. The van der Waals surface area contributed by atoms with Crippen LogP contribution in [0.3, 0.4) is 0 Å². The van der Waals surface area contributed by atoms with Crippen molar-refractivity contribution in [3.05, 3.63) is 78.0 Å². The number of hydrogen-bond acceptors (Lipinski definition) is 10. The number of phenolic OH excluding ortho intramolecular Hbond substituents is 1. The van der Waals surface area contributed by atoms with Crippen molar-refractivity contribution >= 4 is 23.3 Å². The fourth-order valence-corrected chi connectivity index (χ4v) is 8.71. The predicted octanol–water partition coefficient (Wildman–Crippen LogP) is 5.86. The van der Waals surface area contributed by atoms with Crippen LogP contribution in [-0.2, 0) is 9.59 Å². The van der Waals surface area contributed by atoms with Crippen LogP contribution in [0.4, 0.5) is 11.5 Å². The summed E-state index contributed by atoms with van der Waals surface area (Å²) in [5, 5.41) is 24.9. The smallest absolute Gasteiger partial charge is 0.249 e. The molecule has 0 bridgehead atoms. The number of para-hydroxylation sites is 2. The number of aromatic nitrogens is 3. The van der Waals surface area contributed by atoms with E-state index in [1.165, 1.54) is 11.1 Å². The molecule has 0 radical (unpaired) electrons. The molecule has 2 amide bonds. The summed E-state index contributed by atoms with van der Waals surface area (Å²) >= 11 is 0. The molecule has 0 unspecified atom stereocenters. The van der Waals surface area contributed by atoms with Crippen LogP contribution in [0, 0.1) is 0 Å². The van der Waals surface area contributed by atoms with Gasteiger partial charge in [-0.05, 0) is 117 Å². The summed E-state index contributed by atoms with van der Waals surface area (Å²) in [6, 6.07) is 20.1. The van der Waals surface area contributed by atoms with Crippen LogP contribution in [0.25, 0.3) is 22.5 Å². The summed E-state index contributed by atoms with van der Waals surface area (Å²) in [6.45, 7) is 3.35. The minimum Gasteiger partial charge on any atom is -0.507 e. The molecular formula is C40H45N7O4. The van der Waals surface area contributed by atoms with Crippen molar-refractivity contribution in [3.63, 3.8) is 0 Å². The Morgan fingerprint density at radius 2 is 1.67 bits per heavy atom. The number of anilines is 2. The number of amides is 2. The van der Waals surface area contributed by atoms with Gasteiger partial charge in [-0.3, -0.25) is 19.9 Å². The number of ether oxygens (including phenoxy) is 1. The Kier molecular flexibility index (Phi) is 9.29. The molecule has 1 aliphatic carbocycles. The standard InChI is InChI=1S/C40H45N7O4/c1-41-39-31(24-33(44-45-39)30-5-2-3-8-36(30)48)32-23-27(15-18-42-32)25-16-19-46(20-17-25)28-11-9-26(10-12-28)29-6-4-7-34-38(29)51-22-21-47(34)35-13-14-37(49)43-40(35)50/h2-8,15,18,23-26,28,35,48H,9-14,16-17,19-22H2,1H3,(H,41,45)(H,43,49,50)/t26-,28-,35-/m0/s1. The SMILES string of the molecule is CNc1nnc(-c2ccccc2O)cc1-c1cc(C2CCN([C@H]3CC[C@H](c4cccc5c4OCCN5[C@H]4CCC(=O)NC4=O)CC3)CC2)ccn1. The maximum absolute atomic E-state index is 12.7. The van der Waals surface area contributed by atoms with Crippen LogP contribution >= 0.6 is 0 Å². The molecule has 4 aliphatic rings. The molecule has 2 aromatic carbocycles. The zero-order chi connectivity index (χ0) is 34.9. The minimum absolute atomic E-state index is 0.170. The third-order valence-corrected chi connectivity index (χ3v) is 11.4. The molecule has 1 atom stereocenters. The van der Waals surface area contributed by atoms with Gasteiger partial charge >= 0.3 is 0 Å². The number of imide groups is 1. The van der Waals surface area contributed by atoms with E-state index in [1.807, 2.05) is 31.4 Å². The van der Waals surface area contributed by atoms with Crippen molar-refractivity contribution in [2.45, 2.75) is 75.3 Å². The van der Waals surface area contributed by atoms with Gasteiger partial charge < -0.3 is 25.0 Å². The first kappa shape index (κ1) is 33.1. The second kappa shape index (κ2) is 14.3. The van der Waals surface area contributed by atoms with Crippen LogP contribution < -0.4 is 20.3 Å². The summed E-state index contributed by atoms with van der Waals surface area (Å²) < 4.78 is 6.29. The van der Waals surface area contributed by atoms with Gasteiger partial charge in [0.1, 0.15) is 24.1 Å². The number of piperidine rings is 2. The van der Waals surface area contributed by atoms with Gasteiger partial charge in [0.2, 0.25) is 11.8 Å². The fourth-order valence-electron chi connectivity index (χ4n) is 8.71. The summed E-state index contributed by atoms with van der Waals surface area (Å²) in [5.74, 6) is 2.25.